The third-order valence-corrected chi connectivity index (χ3v) is 4.03. The average Bonchev–Trinajstić information content (AvgIpc) is 2.59. The van der Waals surface area contributed by atoms with E-state index in [0.717, 1.165) is 38.1 Å². The average molecular weight is 332 g/mol. The molecule has 1 aliphatic heterocycles. The maximum absolute atomic E-state index is 13.2. The number of amides is 1. The minimum atomic E-state index is -1.01. The van der Waals surface area contributed by atoms with Crippen molar-refractivity contribution in [1.29, 1.82) is 0 Å². The fourth-order valence-electron chi connectivity index (χ4n) is 2.70. The number of aromatic nitrogens is 2. The van der Waals surface area contributed by atoms with E-state index in [1.807, 2.05) is 0 Å². The zero-order valence-corrected chi connectivity index (χ0v) is 13.4. The van der Waals surface area contributed by atoms with Crippen molar-refractivity contribution in [2.75, 3.05) is 23.3 Å². The molecule has 0 spiro atoms. The molecular formula is C17H18F2N4O. The summed E-state index contributed by atoms with van der Waals surface area (Å²) >= 11 is 0. The Morgan fingerprint density at radius 3 is 2.58 bits per heavy atom. The van der Waals surface area contributed by atoms with Crippen LogP contribution in [0.4, 0.5) is 20.4 Å². The molecule has 0 bridgehead atoms. The van der Waals surface area contributed by atoms with Crippen molar-refractivity contribution in [1.82, 2.24) is 9.97 Å². The van der Waals surface area contributed by atoms with Crippen molar-refractivity contribution >= 4 is 17.5 Å². The minimum Gasteiger partial charge on any atom is -0.341 e. The predicted octanol–water partition coefficient (Wildman–Crippen LogP) is 3.31. The van der Waals surface area contributed by atoms with Crippen molar-refractivity contribution in [2.45, 2.75) is 26.2 Å². The summed E-state index contributed by atoms with van der Waals surface area (Å²) in [7, 11) is 0. The van der Waals surface area contributed by atoms with Gasteiger partial charge in [0.2, 0.25) is 5.95 Å². The van der Waals surface area contributed by atoms with Crippen LogP contribution in [-0.2, 0) is 0 Å². The van der Waals surface area contributed by atoms with E-state index in [2.05, 4.69) is 20.2 Å². The molecule has 126 valence electrons. The number of halogens is 2. The summed E-state index contributed by atoms with van der Waals surface area (Å²) in [4.78, 5) is 23.1. The van der Waals surface area contributed by atoms with Gasteiger partial charge in [0, 0.05) is 31.0 Å². The highest BCUT2D eigenvalue weighted by Crippen LogP contribution is 2.18. The maximum Gasteiger partial charge on any atom is 0.259 e. The first kappa shape index (κ1) is 16.3. The molecule has 1 saturated heterocycles. The standard InChI is InChI=1S/C17H18F2N4O/c1-11-13(10-20-17(21-11)23-7-3-2-4-8-23)16(24)22-12-5-6-14(18)15(19)9-12/h5-6,9-10H,2-4,7-8H2,1H3,(H,22,24). The zero-order chi connectivity index (χ0) is 17.1. The highest BCUT2D eigenvalue weighted by Gasteiger charge is 2.17. The fraction of sp³-hybridized carbons (Fsp3) is 0.353. The summed E-state index contributed by atoms with van der Waals surface area (Å²) in [5.74, 6) is -1.81. The Hall–Kier alpha value is -2.57. The van der Waals surface area contributed by atoms with Crippen LogP contribution in [0.5, 0.6) is 0 Å². The molecule has 0 aliphatic carbocycles. The second kappa shape index (κ2) is 6.90. The number of benzene rings is 1. The number of rotatable bonds is 3. The van der Waals surface area contributed by atoms with Crippen molar-refractivity contribution in [3.8, 4) is 0 Å². The smallest absolute Gasteiger partial charge is 0.259 e. The number of nitrogens with one attached hydrogen (secondary N) is 1. The molecular weight excluding hydrogens is 314 g/mol. The lowest BCUT2D eigenvalue weighted by Gasteiger charge is -2.26. The molecule has 0 radical (unpaired) electrons. The number of anilines is 2. The summed E-state index contributed by atoms with van der Waals surface area (Å²) in [6.07, 6.45) is 4.91. The molecule has 1 N–H and O–H groups in total. The van der Waals surface area contributed by atoms with Crippen LogP contribution in [0.25, 0.3) is 0 Å². The first-order valence-corrected chi connectivity index (χ1v) is 7.89. The van der Waals surface area contributed by atoms with Gasteiger partial charge in [-0.15, -0.1) is 0 Å². The molecule has 2 aromatic rings. The third kappa shape index (κ3) is 3.50. The van der Waals surface area contributed by atoms with E-state index in [1.54, 1.807) is 6.92 Å². The molecule has 1 aromatic heterocycles. The first-order valence-electron chi connectivity index (χ1n) is 7.89. The summed E-state index contributed by atoms with van der Waals surface area (Å²) in [6, 6.07) is 3.20. The first-order chi connectivity index (χ1) is 11.5. The van der Waals surface area contributed by atoms with Crippen molar-refractivity contribution in [3.63, 3.8) is 0 Å². The van der Waals surface area contributed by atoms with Gasteiger partial charge in [-0.1, -0.05) is 0 Å². The van der Waals surface area contributed by atoms with Gasteiger partial charge >= 0.3 is 0 Å². The van der Waals surface area contributed by atoms with E-state index < -0.39 is 17.5 Å². The lowest BCUT2D eigenvalue weighted by Crippen LogP contribution is -2.31. The largest absolute Gasteiger partial charge is 0.341 e. The normalized spacial score (nSPS) is 14.5. The second-order valence-electron chi connectivity index (χ2n) is 5.80. The Kier molecular flexibility index (Phi) is 4.69. The third-order valence-electron chi connectivity index (χ3n) is 4.03. The van der Waals surface area contributed by atoms with Crippen molar-refractivity contribution < 1.29 is 13.6 Å². The Morgan fingerprint density at radius 1 is 1.17 bits per heavy atom. The van der Waals surface area contributed by atoms with Crippen LogP contribution in [0.3, 0.4) is 0 Å². The Labute approximate surface area is 138 Å². The zero-order valence-electron chi connectivity index (χ0n) is 13.4. The van der Waals surface area contributed by atoms with E-state index in [1.165, 1.54) is 18.7 Å². The van der Waals surface area contributed by atoms with Crippen LogP contribution in [0.1, 0.15) is 35.3 Å². The summed E-state index contributed by atoms with van der Waals surface area (Å²) < 4.78 is 26.1. The molecule has 24 heavy (non-hydrogen) atoms. The minimum absolute atomic E-state index is 0.179. The lowest BCUT2D eigenvalue weighted by molar-refractivity contribution is 0.102. The van der Waals surface area contributed by atoms with Crippen LogP contribution in [0.15, 0.2) is 24.4 Å². The number of carbonyl (C=O) groups excluding carboxylic acids is 1. The van der Waals surface area contributed by atoms with Gasteiger partial charge in [0.15, 0.2) is 11.6 Å². The number of nitrogens with zero attached hydrogens (tertiary/aromatic N) is 3. The Morgan fingerprint density at radius 2 is 1.92 bits per heavy atom. The van der Waals surface area contributed by atoms with Gasteiger partial charge in [0.1, 0.15) is 0 Å². The number of hydrogen-bond acceptors (Lipinski definition) is 4. The second-order valence-corrected chi connectivity index (χ2v) is 5.80. The van der Waals surface area contributed by atoms with Crippen LogP contribution in [0.2, 0.25) is 0 Å². The molecule has 0 unspecified atom stereocenters. The molecule has 0 saturated carbocycles. The maximum atomic E-state index is 13.2. The molecule has 1 aliphatic rings. The van der Waals surface area contributed by atoms with Crippen LogP contribution < -0.4 is 10.2 Å². The molecule has 3 rings (SSSR count). The lowest BCUT2D eigenvalue weighted by atomic mass is 10.1. The van der Waals surface area contributed by atoms with Gasteiger partial charge in [0.05, 0.1) is 11.3 Å². The summed E-state index contributed by atoms with van der Waals surface area (Å²) in [5.41, 5.74) is 1.03. The van der Waals surface area contributed by atoms with Gasteiger partial charge in [-0.3, -0.25) is 4.79 Å². The van der Waals surface area contributed by atoms with Crippen LogP contribution >= 0.6 is 0 Å². The Bertz CT molecular complexity index is 760. The predicted molar refractivity (Wildman–Crippen MR) is 87.1 cm³/mol. The van der Waals surface area contributed by atoms with Gasteiger partial charge in [0.25, 0.3) is 5.91 Å². The van der Waals surface area contributed by atoms with E-state index >= 15 is 0 Å². The molecule has 1 aromatic carbocycles. The number of piperidine rings is 1. The van der Waals surface area contributed by atoms with E-state index in [9.17, 15) is 13.6 Å². The monoisotopic (exact) mass is 332 g/mol. The van der Waals surface area contributed by atoms with E-state index in [0.29, 0.717) is 17.2 Å². The van der Waals surface area contributed by atoms with Crippen LogP contribution in [0, 0.1) is 18.6 Å². The van der Waals surface area contributed by atoms with Crippen molar-refractivity contribution in [2.24, 2.45) is 0 Å². The summed E-state index contributed by atoms with van der Waals surface area (Å²) in [6.45, 7) is 3.56. The number of aryl methyl sites for hydroxylation is 1. The highest BCUT2D eigenvalue weighted by atomic mass is 19.2. The molecule has 1 fully saturated rings. The quantitative estimate of drug-likeness (QED) is 0.937. The van der Waals surface area contributed by atoms with Crippen molar-refractivity contribution in [3.05, 3.63) is 47.3 Å². The Balaban J connectivity index is 1.75. The molecule has 5 nitrogen and oxygen atoms in total. The SMILES string of the molecule is Cc1nc(N2CCCCC2)ncc1C(=O)Nc1ccc(F)c(F)c1. The molecule has 0 atom stereocenters. The van der Waals surface area contributed by atoms with Crippen LogP contribution in [-0.4, -0.2) is 29.0 Å². The number of carbonyl (C=O) groups is 1. The van der Waals surface area contributed by atoms with Gasteiger partial charge < -0.3 is 10.2 Å². The highest BCUT2D eigenvalue weighted by molar-refractivity contribution is 6.04. The van der Waals surface area contributed by atoms with Gasteiger partial charge in [-0.2, -0.15) is 0 Å². The number of hydrogen-bond donors (Lipinski definition) is 1. The van der Waals surface area contributed by atoms with E-state index in [4.69, 9.17) is 0 Å². The summed E-state index contributed by atoms with van der Waals surface area (Å²) in [5, 5.41) is 2.53. The fourth-order valence-corrected chi connectivity index (χ4v) is 2.70. The van der Waals surface area contributed by atoms with E-state index in [-0.39, 0.29) is 5.69 Å². The molecule has 2 heterocycles. The molecule has 1 amide bonds. The van der Waals surface area contributed by atoms with Gasteiger partial charge in [-0.05, 0) is 38.3 Å². The topological polar surface area (TPSA) is 58.1 Å². The van der Waals surface area contributed by atoms with Gasteiger partial charge in [-0.25, -0.2) is 18.7 Å². The molecule has 7 heteroatoms.